The maximum atomic E-state index is 6.42. The van der Waals surface area contributed by atoms with Crippen LogP contribution in [0.15, 0.2) is 341 Å². The van der Waals surface area contributed by atoms with E-state index in [-0.39, 0.29) is 0 Å². The predicted molar refractivity (Wildman–Crippen MR) is 417 cm³/mol. The molecule has 102 heavy (non-hydrogen) atoms. The number of rotatable bonds is 9. The molecular formula is C93H54N6O3. The van der Waals surface area contributed by atoms with E-state index in [4.69, 9.17) is 28.2 Å². The molecule has 0 bridgehead atoms. The first-order valence-corrected chi connectivity index (χ1v) is 34.4. The summed E-state index contributed by atoms with van der Waals surface area (Å²) >= 11 is 0. The van der Waals surface area contributed by atoms with E-state index in [1.54, 1.807) is 0 Å². The molecule has 9 heteroatoms. The van der Waals surface area contributed by atoms with Crippen LogP contribution in [0.1, 0.15) is 0 Å². The Morgan fingerprint density at radius 2 is 0.412 bits per heavy atom. The van der Waals surface area contributed by atoms with Crippen molar-refractivity contribution >= 4 is 131 Å². The van der Waals surface area contributed by atoms with Crippen molar-refractivity contribution in [2.45, 2.75) is 0 Å². The molecule has 0 saturated heterocycles. The second-order valence-corrected chi connectivity index (χ2v) is 26.6. The zero-order valence-electron chi connectivity index (χ0n) is 54.6. The number of benzene rings is 15. The van der Waals surface area contributed by atoms with Crippen molar-refractivity contribution in [3.05, 3.63) is 328 Å². The summed E-state index contributed by atoms with van der Waals surface area (Å²) in [5.74, 6) is 1.62. The third kappa shape index (κ3) is 8.68. The average molecular weight is 1300 g/mol. The molecular weight excluding hydrogens is 1250 g/mol. The average Bonchev–Trinajstić information content (AvgIpc) is 1.60. The minimum atomic E-state index is 0.541. The normalized spacial score (nSPS) is 12.1. The first-order chi connectivity index (χ1) is 50.5. The van der Waals surface area contributed by atoms with Crippen molar-refractivity contribution in [1.82, 2.24) is 28.7 Å². The van der Waals surface area contributed by atoms with Gasteiger partial charge < -0.3 is 27.0 Å². The molecule has 7 aromatic heterocycles. The van der Waals surface area contributed by atoms with Gasteiger partial charge in [-0.15, -0.1) is 0 Å². The van der Waals surface area contributed by atoms with Gasteiger partial charge in [0.25, 0.3) is 0 Å². The molecule has 0 aliphatic heterocycles. The molecule has 0 amide bonds. The van der Waals surface area contributed by atoms with Gasteiger partial charge in [-0.2, -0.15) is 0 Å². The van der Waals surface area contributed by atoms with Crippen LogP contribution in [0, 0.1) is 0 Å². The van der Waals surface area contributed by atoms with Crippen LogP contribution in [0.4, 0.5) is 0 Å². The second kappa shape index (κ2) is 21.8. The number of nitrogens with zero attached hydrogens (tertiary/aromatic N) is 6. The zero-order chi connectivity index (χ0) is 66.7. The first kappa shape index (κ1) is 56.2. The van der Waals surface area contributed by atoms with Gasteiger partial charge in [-0.1, -0.05) is 200 Å². The van der Waals surface area contributed by atoms with E-state index in [1.807, 2.05) is 36.4 Å². The van der Waals surface area contributed by atoms with Crippen molar-refractivity contribution in [3.8, 4) is 84.6 Å². The first-order valence-electron chi connectivity index (χ1n) is 34.4. The molecule has 22 aromatic rings. The van der Waals surface area contributed by atoms with Gasteiger partial charge >= 0.3 is 0 Å². The van der Waals surface area contributed by atoms with Crippen LogP contribution in [-0.4, -0.2) is 28.7 Å². The zero-order valence-corrected chi connectivity index (χ0v) is 54.6. The smallest absolute Gasteiger partial charge is 0.164 e. The van der Waals surface area contributed by atoms with Crippen molar-refractivity contribution in [2.24, 2.45) is 0 Å². The van der Waals surface area contributed by atoms with Gasteiger partial charge in [-0.05, 0) is 161 Å². The SMILES string of the molecule is c1cc(-c2nc(-c3cccc(-n4c5ccccc5c5ccc(-c6ccc7c(c6)oc6ccccc67)cc54)c3)nc(-c3cccc(-n4c5ccccc5c5ccc(-c6ccc7c(c6)oc6ccccc67)cc54)c3)n2)cc(-n2c3ccccc3c3ccc(-c4ccc5c(c4)oc4ccccc45)cc32)c1. The number of aromatic nitrogens is 6. The fourth-order valence-corrected chi connectivity index (χ4v) is 16.1. The maximum Gasteiger partial charge on any atom is 0.164 e. The number of fused-ring (bicyclic) bond motifs is 18. The Hall–Kier alpha value is -13.9. The summed E-state index contributed by atoms with van der Waals surface area (Å²) < 4.78 is 26.4. The Balaban J connectivity index is 0.708. The van der Waals surface area contributed by atoms with Crippen molar-refractivity contribution < 1.29 is 13.3 Å². The summed E-state index contributed by atoms with van der Waals surface area (Å²) in [5, 5.41) is 13.6. The molecule has 0 saturated carbocycles. The molecule has 0 N–H and O–H groups in total. The lowest BCUT2D eigenvalue weighted by molar-refractivity contribution is 0.668. The molecule has 0 unspecified atom stereocenters. The molecule has 474 valence electrons. The van der Waals surface area contributed by atoms with E-state index in [9.17, 15) is 0 Å². The van der Waals surface area contributed by atoms with Gasteiger partial charge in [0, 0.05) is 98.4 Å². The van der Waals surface area contributed by atoms with Crippen LogP contribution >= 0.6 is 0 Å². The lowest BCUT2D eigenvalue weighted by Crippen LogP contribution is -2.02. The molecule has 0 fully saturated rings. The topological polar surface area (TPSA) is 92.9 Å². The molecule has 0 aliphatic carbocycles. The molecule has 7 heterocycles. The van der Waals surface area contributed by atoms with Crippen LogP contribution in [-0.2, 0) is 0 Å². The van der Waals surface area contributed by atoms with Crippen LogP contribution < -0.4 is 0 Å². The Kier molecular flexibility index (Phi) is 12.0. The minimum Gasteiger partial charge on any atom is -0.456 e. The highest BCUT2D eigenvalue weighted by molar-refractivity contribution is 6.15. The van der Waals surface area contributed by atoms with E-state index < -0.39 is 0 Å². The van der Waals surface area contributed by atoms with Gasteiger partial charge in [0.05, 0.1) is 33.1 Å². The van der Waals surface area contributed by atoms with E-state index in [1.165, 1.54) is 0 Å². The van der Waals surface area contributed by atoms with Crippen LogP contribution in [0.2, 0.25) is 0 Å². The Morgan fingerprint density at radius 1 is 0.167 bits per heavy atom. The monoisotopic (exact) mass is 1300 g/mol. The van der Waals surface area contributed by atoms with Crippen LogP contribution in [0.25, 0.3) is 216 Å². The number of furan rings is 3. The largest absolute Gasteiger partial charge is 0.456 e. The Bertz CT molecular complexity index is 6600. The summed E-state index contributed by atoms with van der Waals surface area (Å²) in [5.41, 5.74) is 23.7. The van der Waals surface area contributed by atoms with E-state index >= 15 is 0 Å². The highest BCUT2D eigenvalue weighted by Gasteiger charge is 2.22. The molecule has 0 atom stereocenters. The van der Waals surface area contributed by atoms with E-state index in [0.29, 0.717) is 17.5 Å². The van der Waals surface area contributed by atoms with Crippen molar-refractivity contribution in [3.63, 3.8) is 0 Å². The standard InChI is InChI=1S/C93H54N6O3/c1-7-28-79-67(22-1)70-40-34-55(58-37-43-76-73-25-4-10-31-85(73)100-88(76)52-58)49-82(70)97(79)64-19-13-16-61(46-64)91-94-92(62-17-14-20-65(47-62)98-80-29-8-2-23-68(80)71-41-35-56(50-83(71)98)59-38-44-77-74-26-5-11-32-86(74)101-89(77)53-59)96-93(95-91)63-18-15-21-66(48-63)99-81-30-9-3-24-69(81)72-42-36-57(51-84(72)99)60-39-45-78-75-27-6-12-33-87(75)102-90(78)54-60/h1-54H. The minimum absolute atomic E-state index is 0.541. The summed E-state index contributed by atoms with van der Waals surface area (Å²) in [6.07, 6.45) is 0. The predicted octanol–water partition coefficient (Wildman–Crippen LogP) is 24.9. The number of para-hydroxylation sites is 6. The second-order valence-electron chi connectivity index (χ2n) is 26.6. The summed E-state index contributed by atoms with van der Waals surface area (Å²) in [6, 6.07) is 117. The van der Waals surface area contributed by atoms with Crippen molar-refractivity contribution in [1.29, 1.82) is 0 Å². The molecule has 0 aliphatic rings. The fraction of sp³-hybridized carbons (Fsp3) is 0. The van der Waals surface area contributed by atoms with Gasteiger partial charge in [0.1, 0.15) is 33.5 Å². The van der Waals surface area contributed by atoms with Gasteiger partial charge in [-0.25, -0.2) is 15.0 Å². The molecule has 0 radical (unpaired) electrons. The Labute approximate surface area is 581 Å². The third-order valence-corrected chi connectivity index (χ3v) is 20.9. The van der Waals surface area contributed by atoms with Gasteiger partial charge in [0.15, 0.2) is 17.5 Å². The molecule has 22 rings (SSSR count). The Morgan fingerprint density at radius 3 is 0.725 bits per heavy atom. The number of hydrogen-bond donors (Lipinski definition) is 0. The third-order valence-electron chi connectivity index (χ3n) is 20.9. The van der Waals surface area contributed by atoms with Crippen LogP contribution in [0.3, 0.4) is 0 Å². The summed E-state index contributed by atoms with van der Waals surface area (Å²) in [7, 11) is 0. The molecule has 15 aromatic carbocycles. The highest BCUT2D eigenvalue weighted by atomic mass is 16.3. The van der Waals surface area contributed by atoms with Gasteiger partial charge in [0.2, 0.25) is 0 Å². The molecule has 0 spiro atoms. The summed E-state index contributed by atoms with van der Waals surface area (Å²) in [6.45, 7) is 0. The maximum absolute atomic E-state index is 6.42. The quantitative estimate of drug-likeness (QED) is 0.143. The lowest BCUT2D eigenvalue weighted by Gasteiger charge is -2.14. The molecule has 9 nitrogen and oxygen atoms in total. The highest BCUT2D eigenvalue weighted by Crippen LogP contribution is 2.43. The van der Waals surface area contributed by atoms with Crippen LogP contribution in [0.5, 0.6) is 0 Å². The lowest BCUT2D eigenvalue weighted by atomic mass is 10.0. The van der Waals surface area contributed by atoms with E-state index in [0.717, 1.165) is 198 Å². The fourth-order valence-electron chi connectivity index (χ4n) is 16.1. The summed E-state index contributed by atoms with van der Waals surface area (Å²) in [4.78, 5) is 16.6. The van der Waals surface area contributed by atoms with Gasteiger partial charge in [-0.3, -0.25) is 0 Å². The van der Waals surface area contributed by atoms with Crippen molar-refractivity contribution in [2.75, 3.05) is 0 Å². The number of hydrogen-bond acceptors (Lipinski definition) is 6. The van der Waals surface area contributed by atoms with E-state index in [2.05, 4.69) is 305 Å².